The molecule has 22 heavy (non-hydrogen) atoms. The van der Waals surface area contributed by atoms with E-state index >= 15 is 0 Å². The van der Waals surface area contributed by atoms with Gasteiger partial charge in [0.2, 0.25) is 5.78 Å². The molecule has 0 radical (unpaired) electrons. The molecule has 0 fully saturated rings. The number of hydrogen-bond acceptors (Lipinski definition) is 2. The van der Waals surface area contributed by atoms with Crippen LogP contribution in [-0.4, -0.2) is 5.78 Å². The Morgan fingerprint density at radius 2 is 1.82 bits per heavy atom. The smallest absolute Gasteiger partial charge is 0.228 e. The van der Waals surface area contributed by atoms with Gasteiger partial charge in [-0.05, 0) is 53.2 Å². The lowest BCUT2D eigenvalue weighted by Gasteiger charge is -2.01. The summed E-state index contributed by atoms with van der Waals surface area (Å²) in [6, 6.07) is 8.57. The van der Waals surface area contributed by atoms with E-state index in [4.69, 9.17) is 27.6 Å². The maximum atomic E-state index is 12.7. The molecule has 1 heterocycles. The van der Waals surface area contributed by atoms with Gasteiger partial charge in [0.05, 0.1) is 14.5 Å². The molecule has 0 spiro atoms. The first-order valence-corrected chi connectivity index (χ1v) is 8.60. The van der Waals surface area contributed by atoms with Crippen molar-refractivity contribution < 1.29 is 9.21 Å². The fourth-order valence-corrected chi connectivity index (χ4v) is 3.83. The summed E-state index contributed by atoms with van der Waals surface area (Å²) in [4.78, 5) is 12.7. The Labute approximate surface area is 153 Å². The van der Waals surface area contributed by atoms with E-state index in [0.29, 0.717) is 27.0 Å². The topological polar surface area (TPSA) is 30.2 Å². The molecule has 0 aliphatic carbocycles. The lowest BCUT2D eigenvalue weighted by Crippen LogP contribution is -2.01. The van der Waals surface area contributed by atoms with Crippen molar-refractivity contribution in [3.8, 4) is 0 Å². The van der Waals surface area contributed by atoms with Gasteiger partial charge in [-0.25, -0.2) is 0 Å². The molecule has 2 nitrogen and oxygen atoms in total. The Balaban J connectivity index is 2.17. The Bertz CT molecular complexity index is 916. The van der Waals surface area contributed by atoms with Crippen LogP contribution in [0, 0.1) is 6.92 Å². The third-order valence-corrected chi connectivity index (χ3v) is 5.13. The fraction of sp³-hybridized carbons (Fsp3) is 0.0625. The van der Waals surface area contributed by atoms with Crippen LogP contribution < -0.4 is 0 Å². The summed E-state index contributed by atoms with van der Waals surface area (Å²) in [5, 5.41) is 1.63. The van der Waals surface area contributed by atoms with Crippen LogP contribution in [0.4, 0.5) is 0 Å². The Hall–Kier alpha value is -0.810. The first-order chi connectivity index (χ1) is 10.4. The second-order valence-corrected chi connectivity index (χ2v) is 7.36. The van der Waals surface area contributed by atoms with Crippen molar-refractivity contribution in [2.24, 2.45) is 0 Å². The quantitative estimate of drug-likeness (QED) is 0.392. The van der Waals surface area contributed by atoms with Gasteiger partial charge in [-0.15, -0.1) is 0 Å². The Morgan fingerprint density at radius 1 is 1.09 bits per heavy atom. The molecule has 0 bridgehead atoms. The van der Waals surface area contributed by atoms with Crippen molar-refractivity contribution in [2.75, 3.05) is 0 Å². The average molecular weight is 463 g/mol. The third-order valence-electron chi connectivity index (χ3n) is 3.35. The number of ketones is 1. The van der Waals surface area contributed by atoms with Crippen LogP contribution >= 0.6 is 55.1 Å². The summed E-state index contributed by atoms with van der Waals surface area (Å²) in [5.41, 5.74) is 1.86. The number of aryl methyl sites for hydroxylation is 1. The Kier molecular flexibility index (Phi) is 4.38. The number of fused-ring (bicyclic) bond motifs is 1. The maximum Gasteiger partial charge on any atom is 0.228 e. The predicted molar refractivity (Wildman–Crippen MR) is 96.2 cm³/mol. The van der Waals surface area contributed by atoms with Crippen molar-refractivity contribution in [1.82, 2.24) is 0 Å². The molecule has 0 atom stereocenters. The number of carbonyl (C=O) groups is 1. The van der Waals surface area contributed by atoms with Gasteiger partial charge in [0.1, 0.15) is 5.58 Å². The zero-order chi connectivity index (χ0) is 16.0. The van der Waals surface area contributed by atoms with Crippen molar-refractivity contribution in [2.45, 2.75) is 6.92 Å². The zero-order valence-electron chi connectivity index (χ0n) is 11.2. The summed E-state index contributed by atoms with van der Waals surface area (Å²) in [6.07, 6.45) is 0. The van der Waals surface area contributed by atoms with E-state index in [1.165, 1.54) is 0 Å². The Morgan fingerprint density at radius 3 is 2.50 bits per heavy atom. The molecule has 0 aliphatic rings. The van der Waals surface area contributed by atoms with Crippen molar-refractivity contribution in [1.29, 1.82) is 0 Å². The van der Waals surface area contributed by atoms with E-state index < -0.39 is 0 Å². The summed E-state index contributed by atoms with van der Waals surface area (Å²) in [5.74, 6) is 0.0717. The van der Waals surface area contributed by atoms with Gasteiger partial charge in [-0.1, -0.05) is 39.1 Å². The molecule has 0 N–H and O–H groups in total. The highest BCUT2D eigenvalue weighted by molar-refractivity contribution is 9.11. The molecule has 3 rings (SSSR count). The van der Waals surface area contributed by atoms with E-state index in [-0.39, 0.29) is 5.78 Å². The van der Waals surface area contributed by atoms with E-state index in [1.807, 2.05) is 19.1 Å². The van der Waals surface area contributed by atoms with Gasteiger partial charge < -0.3 is 4.42 Å². The highest BCUT2D eigenvalue weighted by Gasteiger charge is 2.21. The lowest BCUT2D eigenvalue weighted by molar-refractivity contribution is 0.101. The normalized spacial score (nSPS) is 11.1. The van der Waals surface area contributed by atoms with Crippen LogP contribution in [0.15, 0.2) is 43.7 Å². The molecular weight excluding hydrogens is 455 g/mol. The average Bonchev–Trinajstić information content (AvgIpc) is 2.79. The summed E-state index contributed by atoms with van der Waals surface area (Å²) in [6.45, 7) is 1.86. The van der Waals surface area contributed by atoms with Gasteiger partial charge in [0.15, 0.2) is 5.76 Å². The van der Waals surface area contributed by atoms with Gasteiger partial charge in [-0.2, -0.15) is 0 Å². The van der Waals surface area contributed by atoms with Crippen molar-refractivity contribution >= 4 is 71.8 Å². The fourth-order valence-electron chi connectivity index (χ4n) is 2.23. The monoisotopic (exact) mass is 460 g/mol. The molecule has 2 aromatic carbocycles. The van der Waals surface area contributed by atoms with Crippen molar-refractivity contribution in [3.63, 3.8) is 0 Å². The van der Waals surface area contributed by atoms with Gasteiger partial charge in [-0.3, -0.25) is 4.79 Å². The second-order valence-electron chi connectivity index (χ2n) is 4.78. The SMILES string of the molecule is Cc1c(C(=O)c2ccc(Cl)c(Cl)c2)oc2c(Br)cc(Br)cc12. The highest BCUT2D eigenvalue weighted by atomic mass is 79.9. The number of furan rings is 1. The lowest BCUT2D eigenvalue weighted by atomic mass is 10.0. The molecule has 1 aromatic heterocycles. The zero-order valence-corrected chi connectivity index (χ0v) is 15.9. The molecule has 0 saturated heterocycles. The molecular formula is C16H8Br2Cl2O2. The van der Waals surface area contributed by atoms with Crippen molar-refractivity contribution in [3.05, 3.63) is 66.2 Å². The molecule has 3 aromatic rings. The minimum absolute atomic E-state index is 0.227. The molecule has 0 aliphatic heterocycles. The number of halogens is 4. The number of hydrogen-bond donors (Lipinski definition) is 0. The largest absolute Gasteiger partial charge is 0.451 e. The van der Waals surface area contributed by atoms with Crippen LogP contribution in [0.3, 0.4) is 0 Å². The standard InChI is InChI=1S/C16H8Br2Cl2O2/c1-7-10-5-9(17)6-11(18)16(10)22-15(7)14(21)8-2-3-12(19)13(20)4-8/h2-6H,1H3. The van der Waals surface area contributed by atoms with E-state index in [1.54, 1.807) is 18.2 Å². The van der Waals surface area contributed by atoms with Gasteiger partial charge in [0.25, 0.3) is 0 Å². The summed E-state index contributed by atoms with van der Waals surface area (Å²) >= 11 is 18.8. The summed E-state index contributed by atoms with van der Waals surface area (Å²) < 4.78 is 7.47. The van der Waals surface area contributed by atoms with Crippen LogP contribution in [0.2, 0.25) is 10.0 Å². The van der Waals surface area contributed by atoms with Crippen LogP contribution in [0.5, 0.6) is 0 Å². The number of benzene rings is 2. The van der Waals surface area contributed by atoms with Crippen LogP contribution in [0.1, 0.15) is 21.7 Å². The second kappa shape index (κ2) is 6.00. The van der Waals surface area contributed by atoms with Crippen LogP contribution in [-0.2, 0) is 0 Å². The first kappa shape index (κ1) is 16.1. The van der Waals surface area contributed by atoms with Crippen LogP contribution in [0.25, 0.3) is 11.0 Å². The number of rotatable bonds is 2. The third kappa shape index (κ3) is 2.73. The van der Waals surface area contributed by atoms with E-state index in [2.05, 4.69) is 31.9 Å². The number of carbonyl (C=O) groups excluding carboxylic acids is 1. The maximum absolute atomic E-state index is 12.7. The van der Waals surface area contributed by atoms with E-state index in [9.17, 15) is 4.79 Å². The highest BCUT2D eigenvalue weighted by Crippen LogP contribution is 2.35. The summed E-state index contributed by atoms with van der Waals surface area (Å²) in [7, 11) is 0. The molecule has 0 unspecified atom stereocenters. The minimum Gasteiger partial charge on any atom is -0.451 e. The van der Waals surface area contributed by atoms with Gasteiger partial charge >= 0.3 is 0 Å². The van der Waals surface area contributed by atoms with Gasteiger partial charge in [0, 0.05) is 21.0 Å². The molecule has 112 valence electrons. The van der Waals surface area contributed by atoms with E-state index in [0.717, 1.165) is 19.9 Å². The molecule has 0 amide bonds. The predicted octanol–water partition coefficient (Wildman–Crippen LogP) is 6.80. The molecule has 6 heteroatoms. The molecule has 0 saturated carbocycles. The minimum atomic E-state index is -0.227. The first-order valence-electron chi connectivity index (χ1n) is 6.26.